The van der Waals surface area contributed by atoms with Gasteiger partial charge in [-0.15, -0.1) is 0 Å². The van der Waals surface area contributed by atoms with Crippen LogP contribution in [0.15, 0.2) is 48.5 Å². The van der Waals surface area contributed by atoms with Crippen LogP contribution in [-0.2, 0) is 4.79 Å². The van der Waals surface area contributed by atoms with Crippen LogP contribution in [0.3, 0.4) is 0 Å². The summed E-state index contributed by atoms with van der Waals surface area (Å²) >= 11 is 0. The first-order valence-corrected chi connectivity index (χ1v) is 11.3. The number of carbonyl (C=O) groups is 2. The van der Waals surface area contributed by atoms with Crippen molar-refractivity contribution in [3.8, 4) is 5.75 Å². The molecule has 1 aliphatic heterocycles. The zero-order chi connectivity index (χ0) is 21.9. The Morgan fingerprint density at radius 1 is 0.968 bits per heavy atom. The Morgan fingerprint density at radius 2 is 1.74 bits per heavy atom. The molecular weight excluding hydrogens is 390 g/mol. The molecule has 31 heavy (non-hydrogen) atoms. The van der Waals surface area contributed by atoms with Crippen molar-refractivity contribution in [3.63, 3.8) is 0 Å². The fourth-order valence-electron chi connectivity index (χ4n) is 3.60. The first kappa shape index (κ1) is 22.7. The fourth-order valence-corrected chi connectivity index (χ4v) is 3.60. The molecule has 6 heteroatoms. The molecule has 1 heterocycles. The molecule has 0 spiro atoms. The van der Waals surface area contributed by atoms with Crippen molar-refractivity contribution >= 4 is 23.2 Å². The van der Waals surface area contributed by atoms with Crippen molar-refractivity contribution in [2.24, 2.45) is 0 Å². The fraction of sp³-hybridized carbons (Fsp3) is 0.440. The highest BCUT2D eigenvalue weighted by atomic mass is 16.5. The summed E-state index contributed by atoms with van der Waals surface area (Å²) in [5.74, 6) is 0.701. The van der Waals surface area contributed by atoms with Gasteiger partial charge in [0.25, 0.3) is 5.91 Å². The number of ether oxygens (including phenoxy) is 1. The Hall–Kier alpha value is -3.02. The van der Waals surface area contributed by atoms with Crippen molar-refractivity contribution in [3.05, 3.63) is 54.1 Å². The maximum absolute atomic E-state index is 12.4. The van der Waals surface area contributed by atoms with Gasteiger partial charge in [-0.05, 0) is 55.7 Å². The van der Waals surface area contributed by atoms with Crippen LogP contribution >= 0.6 is 0 Å². The lowest BCUT2D eigenvalue weighted by Gasteiger charge is -2.15. The Labute approximate surface area is 185 Å². The van der Waals surface area contributed by atoms with Crippen molar-refractivity contribution in [1.29, 1.82) is 0 Å². The Bertz CT molecular complexity index is 845. The molecule has 2 N–H and O–H groups in total. The Balaban J connectivity index is 1.42. The summed E-state index contributed by atoms with van der Waals surface area (Å²) in [4.78, 5) is 26.6. The summed E-state index contributed by atoms with van der Waals surface area (Å²) in [6, 6.07) is 14.8. The number of hydrogen-bond acceptors (Lipinski definition) is 4. The number of rotatable bonds is 11. The highest BCUT2D eigenvalue weighted by molar-refractivity contribution is 5.95. The normalized spacial score (nSPS) is 13.1. The van der Waals surface area contributed by atoms with E-state index >= 15 is 0 Å². The zero-order valence-corrected chi connectivity index (χ0v) is 18.4. The molecule has 2 aromatic rings. The number of carbonyl (C=O) groups excluding carboxylic acids is 2. The molecule has 1 fully saturated rings. The summed E-state index contributed by atoms with van der Waals surface area (Å²) in [5.41, 5.74) is 2.20. The lowest BCUT2D eigenvalue weighted by atomic mass is 10.2. The van der Waals surface area contributed by atoms with E-state index in [4.69, 9.17) is 4.74 Å². The molecule has 0 unspecified atom stereocenters. The maximum atomic E-state index is 12.4. The lowest BCUT2D eigenvalue weighted by molar-refractivity contribution is -0.114. The van der Waals surface area contributed by atoms with Gasteiger partial charge in [0.15, 0.2) is 0 Å². The second kappa shape index (κ2) is 12.0. The number of anilines is 2. The van der Waals surface area contributed by atoms with Crippen LogP contribution in [0, 0.1) is 0 Å². The summed E-state index contributed by atoms with van der Waals surface area (Å²) in [7, 11) is 0. The van der Waals surface area contributed by atoms with E-state index in [0.717, 1.165) is 43.8 Å². The molecule has 0 bridgehead atoms. The Kier molecular flexibility index (Phi) is 8.76. The highest BCUT2D eigenvalue weighted by Gasteiger charge is 2.19. The average molecular weight is 424 g/mol. The molecule has 0 atom stereocenters. The van der Waals surface area contributed by atoms with Gasteiger partial charge in [-0.2, -0.15) is 0 Å². The summed E-state index contributed by atoms with van der Waals surface area (Å²) in [5, 5.41) is 5.99. The van der Waals surface area contributed by atoms with Gasteiger partial charge in [0.1, 0.15) is 5.75 Å². The number of nitrogens with one attached hydrogen (secondary N) is 2. The molecule has 0 saturated carbocycles. The SMILES string of the molecule is CCCCCCOc1cccc(NC(=O)CNc2ccc(C(=O)N3CCCC3)cc2)c1. The van der Waals surface area contributed by atoms with E-state index in [2.05, 4.69) is 17.6 Å². The van der Waals surface area contributed by atoms with Gasteiger partial charge in [-0.3, -0.25) is 9.59 Å². The van der Waals surface area contributed by atoms with Gasteiger partial charge >= 0.3 is 0 Å². The summed E-state index contributed by atoms with van der Waals surface area (Å²) in [6.45, 7) is 4.69. The summed E-state index contributed by atoms with van der Waals surface area (Å²) in [6.07, 6.45) is 6.80. The number of likely N-dealkylation sites (tertiary alicyclic amines) is 1. The predicted octanol–water partition coefficient (Wildman–Crippen LogP) is 4.93. The minimum Gasteiger partial charge on any atom is -0.494 e. The predicted molar refractivity (Wildman–Crippen MR) is 125 cm³/mol. The van der Waals surface area contributed by atoms with Gasteiger partial charge in [0, 0.05) is 36.1 Å². The van der Waals surface area contributed by atoms with Gasteiger partial charge in [-0.25, -0.2) is 0 Å². The summed E-state index contributed by atoms with van der Waals surface area (Å²) < 4.78 is 5.77. The van der Waals surface area contributed by atoms with E-state index in [-0.39, 0.29) is 18.4 Å². The lowest BCUT2D eigenvalue weighted by Crippen LogP contribution is -2.27. The van der Waals surface area contributed by atoms with E-state index in [1.54, 1.807) is 0 Å². The van der Waals surface area contributed by atoms with Crippen LogP contribution in [0.25, 0.3) is 0 Å². The number of unbranched alkanes of at least 4 members (excludes halogenated alkanes) is 3. The second-order valence-corrected chi connectivity index (χ2v) is 7.92. The zero-order valence-electron chi connectivity index (χ0n) is 18.4. The monoisotopic (exact) mass is 423 g/mol. The van der Waals surface area contributed by atoms with E-state index < -0.39 is 0 Å². The number of nitrogens with zero attached hydrogens (tertiary/aromatic N) is 1. The first-order valence-electron chi connectivity index (χ1n) is 11.3. The molecule has 3 rings (SSSR count). The minimum absolute atomic E-state index is 0.0780. The minimum atomic E-state index is -0.141. The number of amides is 2. The molecule has 2 aromatic carbocycles. The molecule has 6 nitrogen and oxygen atoms in total. The van der Waals surface area contributed by atoms with E-state index in [1.165, 1.54) is 19.3 Å². The van der Waals surface area contributed by atoms with Crippen molar-refractivity contribution in [2.45, 2.75) is 45.4 Å². The molecule has 0 aromatic heterocycles. The highest BCUT2D eigenvalue weighted by Crippen LogP contribution is 2.18. The standard InChI is InChI=1S/C25H33N3O3/c1-2-3-4-7-17-31-23-10-8-9-22(18-23)27-24(29)19-26-21-13-11-20(12-14-21)25(30)28-15-5-6-16-28/h8-14,18,26H,2-7,15-17,19H2,1H3,(H,27,29). The topological polar surface area (TPSA) is 70.7 Å². The van der Waals surface area contributed by atoms with Crippen LogP contribution in [0.1, 0.15) is 55.8 Å². The van der Waals surface area contributed by atoms with E-state index in [0.29, 0.717) is 17.9 Å². The average Bonchev–Trinajstić information content (AvgIpc) is 3.33. The molecule has 1 saturated heterocycles. The molecular formula is C25H33N3O3. The van der Waals surface area contributed by atoms with Crippen molar-refractivity contribution in [1.82, 2.24) is 4.90 Å². The van der Waals surface area contributed by atoms with Crippen LogP contribution < -0.4 is 15.4 Å². The number of hydrogen-bond donors (Lipinski definition) is 2. The van der Waals surface area contributed by atoms with Gasteiger partial charge < -0.3 is 20.3 Å². The van der Waals surface area contributed by atoms with Crippen LogP contribution in [0.4, 0.5) is 11.4 Å². The Morgan fingerprint density at radius 3 is 2.48 bits per heavy atom. The smallest absolute Gasteiger partial charge is 0.253 e. The van der Waals surface area contributed by atoms with Crippen LogP contribution in [0.2, 0.25) is 0 Å². The van der Waals surface area contributed by atoms with Crippen molar-refractivity contribution in [2.75, 3.05) is 36.9 Å². The maximum Gasteiger partial charge on any atom is 0.253 e. The molecule has 166 valence electrons. The molecule has 0 radical (unpaired) electrons. The van der Waals surface area contributed by atoms with Crippen LogP contribution in [0.5, 0.6) is 5.75 Å². The van der Waals surface area contributed by atoms with Crippen LogP contribution in [-0.4, -0.2) is 43.0 Å². The van der Waals surface area contributed by atoms with E-state index in [9.17, 15) is 9.59 Å². The van der Waals surface area contributed by atoms with E-state index in [1.807, 2.05) is 53.4 Å². The third-order valence-electron chi connectivity index (χ3n) is 5.36. The molecule has 1 aliphatic rings. The molecule has 0 aliphatic carbocycles. The van der Waals surface area contributed by atoms with Gasteiger partial charge in [0.2, 0.25) is 5.91 Å². The molecule has 2 amide bonds. The van der Waals surface area contributed by atoms with Gasteiger partial charge in [0.05, 0.1) is 13.2 Å². The largest absolute Gasteiger partial charge is 0.494 e. The van der Waals surface area contributed by atoms with Crippen molar-refractivity contribution < 1.29 is 14.3 Å². The third-order valence-corrected chi connectivity index (χ3v) is 5.36. The number of benzene rings is 2. The third kappa shape index (κ3) is 7.31. The quantitative estimate of drug-likeness (QED) is 0.503. The van der Waals surface area contributed by atoms with Gasteiger partial charge in [-0.1, -0.05) is 32.3 Å². The first-order chi connectivity index (χ1) is 15.2. The second-order valence-electron chi connectivity index (χ2n) is 7.92.